The Hall–Kier alpha value is -1.17. The molecule has 0 radical (unpaired) electrons. The molecule has 4 bridgehead atoms. The van der Waals surface area contributed by atoms with Gasteiger partial charge in [-0.05, 0) is 68.6 Å². The lowest BCUT2D eigenvalue weighted by atomic mass is 9.71. The Morgan fingerprint density at radius 1 is 1.18 bits per heavy atom. The molecule has 2 saturated heterocycles. The van der Waals surface area contributed by atoms with Gasteiger partial charge in [0.05, 0.1) is 18.4 Å². The van der Waals surface area contributed by atoms with E-state index in [4.69, 9.17) is 0 Å². The Bertz CT molecular complexity index is 791. The molecule has 6 aliphatic rings. The molecule has 28 heavy (non-hydrogen) atoms. The smallest absolute Gasteiger partial charge is 0.237 e. The molecular weight excluding hydrogens is 376 g/mol. The Kier molecular flexibility index (Phi) is 4.49. The monoisotopic (exact) mass is 406 g/mol. The van der Waals surface area contributed by atoms with Crippen molar-refractivity contribution in [3.05, 3.63) is 0 Å². The first kappa shape index (κ1) is 18.8. The van der Waals surface area contributed by atoms with Crippen LogP contribution in [0.25, 0.3) is 0 Å². The molecule has 0 aromatic heterocycles. The van der Waals surface area contributed by atoms with E-state index in [2.05, 4.69) is 11.4 Å². The van der Waals surface area contributed by atoms with Gasteiger partial charge in [0.15, 0.2) is 0 Å². The van der Waals surface area contributed by atoms with E-state index in [1.807, 2.05) is 0 Å². The first-order valence-electron chi connectivity index (χ1n) is 10.8. The maximum Gasteiger partial charge on any atom is 0.237 e. The van der Waals surface area contributed by atoms with Crippen molar-refractivity contribution in [1.29, 1.82) is 5.26 Å². The van der Waals surface area contributed by atoms with E-state index in [1.54, 1.807) is 9.21 Å². The third-order valence-electron chi connectivity index (χ3n) is 8.35. The molecule has 4 saturated carbocycles. The van der Waals surface area contributed by atoms with Crippen LogP contribution in [0.1, 0.15) is 44.9 Å². The molecule has 8 heteroatoms. The van der Waals surface area contributed by atoms with E-state index >= 15 is 0 Å². The molecule has 1 N–H and O–H groups in total. The van der Waals surface area contributed by atoms with Gasteiger partial charge in [0.1, 0.15) is 6.04 Å². The number of nitrogens with zero attached hydrogens (tertiary/aromatic N) is 3. The molecule has 0 aromatic rings. The normalized spacial score (nSPS) is 43.7. The molecule has 154 valence electrons. The molecular formula is C20H30N4O3S. The molecule has 6 fully saturated rings. The fourth-order valence-electron chi connectivity index (χ4n) is 7.11. The lowest BCUT2D eigenvalue weighted by Gasteiger charge is -2.40. The predicted molar refractivity (Wildman–Crippen MR) is 103 cm³/mol. The van der Waals surface area contributed by atoms with Gasteiger partial charge in [0.25, 0.3) is 0 Å². The van der Waals surface area contributed by atoms with Crippen LogP contribution in [0.3, 0.4) is 0 Å². The summed E-state index contributed by atoms with van der Waals surface area (Å²) in [6.07, 6.45) is 6.95. The number of rotatable bonds is 5. The molecule has 2 aliphatic heterocycles. The van der Waals surface area contributed by atoms with Crippen molar-refractivity contribution in [1.82, 2.24) is 14.5 Å². The third kappa shape index (κ3) is 2.89. The Morgan fingerprint density at radius 3 is 2.57 bits per heavy atom. The highest BCUT2D eigenvalue weighted by atomic mass is 32.2. The zero-order chi connectivity index (χ0) is 19.5. The maximum atomic E-state index is 12.7. The van der Waals surface area contributed by atoms with Crippen molar-refractivity contribution in [2.75, 3.05) is 31.9 Å². The van der Waals surface area contributed by atoms with Crippen LogP contribution in [0.2, 0.25) is 0 Å². The fraction of sp³-hybridized carbons (Fsp3) is 0.900. The lowest BCUT2D eigenvalue weighted by molar-refractivity contribution is -0.130. The number of nitrogens with one attached hydrogen (secondary N) is 1. The van der Waals surface area contributed by atoms with Gasteiger partial charge in [-0.3, -0.25) is 4.79 Å². The molecule has 7 nitrogen and oxygen atoms in total. The molecule has 3 atom stereocenters. The number of nitriles is 1. The molecule has 0 aromatic carbocycles. The van der Waals surface area contributed by atoms with E-state index in [0.29, 0.717) is 55.6 Å². The van der Waals surface area contributed by atoms with Crippen LogP contribution in [0, 0.1) is 35.0 Å². The molecule has 0 spiro atoms. The highest BCUT2D eigenvalue weighted by Gasteiger charge is 2.61. The Balaban J connectivity index is 1.22. The van der Waals surface area contributed by atoms with Gasteiger partial charge in [0.2, 0.25) is 15.9 Å². The first-order valence-corrected chi connectivity index (χ1v) is 12.4. The average Bonchev–Trinajstić information content (AvgIpc) is 3.37. The Morgan fingerprint density at radius 2 is 1.93 bits per heavy atom. The van der Waals surface area contributed by atoms with Crippen molar-refractivity contribution in [2.45, 2.75) is 56.5 Å². The van der Waals surface area contributed by atoms with Gasteiger partial charge >= 0.3 is 0 Å². The van der Waals surface area contributed by atoms with Gasteiger partial charge in [-0.15, -0.1) is 0 Å². The number of amides is 1. The second-order valence-electron chi connectivity index (χ2n) is 9.67. The summed E-state index contributed by atoms with van der Waals surface area (Å²) < 4.78 is 26.2. The van der Waals surface area contributed by atoms with Crippen molar-refractivity contribution in [2.24, 2.45) is 23.7 Å². The minimum atomic E-state index is -3.02. The van der Waals surface area contributed by atoms with Crippen molar-refractivity contribution < 1.29 is 13.2 Å². The van der Waals surface area contributed by atoms with Gasteiger partial charge in [0, 0.05) is 25.2 Å². The van der Waals surface area contributed by atoms with Gasteiger partial charge < -0.3 is 10.2 Å². The van der Waals surface area contributed by atoms with Crippen LogP contribution >= 0.6 is 0 Å². The van der Waals surface area contributed by atoms with Crippen molar-refractivity contribution in [3.8, 4) is 6.07 Å². The van der Waals surface area contributed by atoms with E-state index in [9.17, 15) is 18.5 Å². The number of hydrogen-bond acceptors (Lipinski definition) is 5. The second kappa shape index (κ2) is 6.68. The maximum absolute atomic E-state index is 12.7. The summed E-state index contributed by atoms with van der Waals surface area (Å²) in [5, 5.41) is 12.9. The number of likely N-dealkylation sites (tertiary alicyclic amines) is 1. The SMILES string of the molecule is N#C[C@@H]1CCCN1C(=O)CNC12CC3CC1CC(C2)C3CN1CCCS1(=O)=O. The number of carbonyl (C=O) groups excluding carboxylic acids is 1. The topological polar surface area (TPSA) is 93.5 Å². The highest BCUT2D eigenvalue weighted by molar-refractivity contribution is 7.89. The van der Waals surface area contributed by atoms with Crippen LogP contribution < -0.4 is 5.32 Å². The van der Waals surface area contributed by atoms with Crippen LogP contribution in [0.4, 0.5) is 0 Å². The van der Waals surface area contributed by atoms with Gasteiger partial charge in [-0.25, -0.2) is 12.7 Å². The largest absolute Gasteiger partial charge is 0.326 e. The summed E-state index contributed by atoms with van der Waals surface area (Å²) >= 11 is 0. The number of sulfonamides is 1. The molecule has 2 heterocycles. The van der Waals surface area contributed by atoms with Crippen molar-refractivity contribution in [3.63, 3.8) is 0 Å². The molecule has 2 unspecified atom stereocenters. The average molecular weight is 407 g/mol. The van der Waals surface area contributed by atoms with Crippen LogP contribution in [-0.2, 0) is 14.8 Å². The lowest BCUT2D eigenvalue weighted by Crippen LogP contribution is -2.52. The minimum Gasteiger partial charge on any atom is -0.326 e. The summed E-state index contributed by atoms with van der Waals surface area (Å²) in [5.74, 6) is 2.63. The van der Waals surface area contributed by atoms with Gasteiger partial charge in [-0.2, -0.15) is 5.26 Å². The van der Waals surface area contributed by atoms with Gasteiger partial charge in [-0.1, -0.05) is 0 Å². The summed E-state index contributed by atoms with van der Waals surface area (Å²) in [6.45, 7) is 2.43. The highest BCUT2D eigenvalue weighted by Crippen LogP contribution is 2.63. The second-order valence-corrected chi connectivity index (χ2v) is 11.8. The van der Waals surface area contributed by atoms with Crippen LogP contribution in [-0.4, -0.2) is 67.0 Å². The van der Waals surface area contributed by atoms with Crippen LogP contribution in [0.15, 0.2) is 0 Å². The zero-order valence-electron chi connectivity index (χ0n) is 16.3. The fourth-order valence-corrected chi connectivity index (χ4v) is 8.66. The van der Waals surface area contributed by atoms with E-state index < -0.39 is 10.0 Å². The van der Waals surface area contributed by atoms with Crippen molar-refractivity contribution >= 4 is 15.9 Å². The zero-order valence-corrected chi connectivity index (χ0v) is 17.2. The molecule has 1 amide bonds. The third-order valence-corrected chi connectivity index (χ3v) is 10.3. The summed E-state index contributed by atoms with van der Waals surface area (Å²) in [7, 11) is -3.02. The standard InChI is InChI=1S/C20H30N4O3S/c21-11-17-3-1-5-24(17)19(25)12-22-20-9-14-7-16(20)8-15(10-20)18(14)13-23-4-2-6-28(23,26)27/h14-18,22H,1-10,12-13H2/t14?,15?,16?,17-,18?,20?/m0/s1. The summed E-state index contributed by atoms with van der Waals surface area (Å²) in [5.41, 5.74) is 0.0627. The van der Waals surface area contributed by atoms with E-state index in [-0.39, 0.29) is 17.5 Å². The minimum absolute atomic E-state index is 0.0596. The Labute approximate surface area is 167 Å². The quantitative estimate of drug-likeness (QED) is 0.733. The molecule has 6 rings (SSSR count). The van der Waals surface area contributed by atoms with E-state index in [1.165, 1.54) is 12.8 Å². The van der Waals surface area contributed by atoms with E-state index in [0.717, 1.165) is 32.1 Å². The summed E-state index contributed by atoms with van der Waals surface area (Å²) in [6, 6.07) is 2.00. The summed E-state index contributed by atoms with van der Waals surface area (Å²) in [4.78, 5) is 14.4. The first-order chi connectivity index (χ1) is 13.4. The predicted octanol–water partition coefficient (Wildman–Crippen LogP) is 0.931. The van der Waals surface area contributed by atoms with Crippen LogP contribution in [0.5, 0.6) is 0 Å². The number of carbonyl (C=O) groups is 1. The number of hydrogen-bond donors (Lipinski definition) is 1. The molecule has 4 aliphatic carbocycles.